The van der Waals surface area contributed by atoms with Gasteiger partial charge in [-0.1, -0.05) is 0 Å². The van der Waals surface area contributed by atoms with Gasteiger partial charge >= 0.3 is 12.1 Å². The van der Waals surface area contributed by atoms with E-state index < -0.39 is 31.2 Å². The van der Waals surface area contributed by atoms with Gasteiger partial charge in [0, 0.05) is 11.8 Å². The molecule has 0 radical (unpaired) electrons. The van der Waals surface area contributed by atoms with Crippen molar-refractivity contribution in [3.05, 3.63) is 23.8 Å². The molecule has 0 heterocycles. The number of hydrogen-bond donors (Lipinski definition) is 2. The average Bonchev–Trinajstić information content (AvgIpc) is 2.41. The summed E-state index contributed by atoms with van der Waals surface area (Å²) >= 11 is 0. The van der Waals surface area contributed by atoms with Gasteiger partial charge < -0.3 is 20.5 Å². The monoisotopic (exact) mass is 306 g/mol. The number of nitrogen functional groups attached to an aromatic ring is 1. The van der Waals surface area contributed by atoms with E-state index in [-0.39, 0.29) is 17.0 Å². The highest BCUT2D eigenvalue weighted by molar-refractivity contribution is 5.93. The summed E-state index contributed by atoms with van der Waals surface area (Å²) in [5.74, 6) is -1.75. The summed E-state index contributed by atoms with van der Waals surface area (Å²) in [4.78, 5) is 22.7. The van der Waals surface area contributed by atoms with Gasteiger partial charge in [0.15, 0.2) is 6.61 Å². The molecule has 21 heavy (non-hydrogen) atoms. The number of halogens is 3. The second-order valence-electron chi connectivity index (χ2n) is 3.93. The van der Waals surface area contributed by atoms with Crippen molar-refractivity contribution >= 4 is 17.6 Å². The minimum Gasteiger partial charge on any atom is -0.483 e. The topological polar surface area (TPSA) is 90.7 Å². The highest BCUT2D eigenvalue weighted by atomic mass is 19.4. The summed E-state index contributed by atoms with van der Waals surface area (Å²) in [5.41, 5.74) is 5.78. The van der Waals surface area contributed by atoms with Crippen molar-refractivity contribution < 1.29 is 32.2 Å². The first-order valence-electron chi connectivity index (χ1n) is 5.67. The fraction of sp³-hybridized carbons (Fsp3) is 0.333. The summed E-state index contributed by atoms with van der Waals surface area (Å²) in [6.45, 7) is -2.15. The molecule has 6 nitrogen and oxygen atoms in total. The fourth-order valence-corrected chi connectivity index (χ4v) is 1.33. The van der Waals surface area contributed by atoms with Crippen LogP contribution in [-0.4, -0.2) is 38.3 Å². The molecule has 116 valence electrons. The van der Waals surface area contributed by atoms with Crippen molar-refractivity contribution in [2.24, 2.45) is 0 Å². The Morgan fingerprint density at radius 1 is 1.33 bits per heavy atom. The van der Waals surface area contributed by atoms with Crippen molar-refractivity contribution in [1.82, 2.24) is 5.32 Å². The number of carbonyl (C=O) groups is 2. The molecule has 0 spiro atoms. The lowest BCUT2D eigenvalue weighted by Gasteiger charge is -2.12. The Morgan fingerprint density at radius 3 is 2.57 bits per heavy atom. The quantitative estimate of drug-likeness (QED) is 0.628. The van der Waals surface area contributed by atoms with Crippen LogP contribution >= 0.6 is 0 Å². The third-order valence-electron chi connectivity index (χ3n) is 2.26. The van der Waals surface area contributed by atoms with E-state index in [9.17, 15) is 22.8 Å². The predicted molar refractivity (Wildman–Crippen MR) is 66.8 cm³/mol. The maximum absolute atomic E-state index is 11.9. The van der Waals surface area contributed by atoms with Crippen LogP contribution in [0.4, 0.5) is 18.9 Å². The molecule has 0 fully saturated rings. The van der Waals surface area contributed by atoms with E-state index in [0.717, 1.165) is 7.11 Å². The normalized spacial score (nSPS) is 10.9. The maximum Gasteiger partial charge on any atom is 0.405 e. The number of carbonyl (C=O) groups excluding carboxylic acids is 2. The number of esters is 1. The Labute approximate surface area is 118 Å². The third kappa shape index (κ3) is 5.59. The lowest BCUT2D eigenvalue weighted by molar-refractivity contribution is -0.139. The zero-order valence-electron chi connectivity index (χ0n) is 11.0. The second-order valence-corrected chi connectivity index (χ2v) is 3.93. The number of benzene rings is 1. The molecule has 0 unspecified atom stereocenters. The van der Waals surface area contributed by atoms with Gasteiger partial charge in [0.05, 0.1) is 7.11 Å². The van der Waals surface area contributed by atoms with Gasteiger partial charge in [-0.2, -0.15) is 13.2 Å². The van der Waals surface area contributed by atoms with Crippen molar-refractivity contribution in [2.75, 3.05) is 26.0 Å². The van der Waals surface area contributed by atoms with E-state index in [1.165, 1.54) is 18.2 Å². The molecule has 0 saturated heterocycles. The van der Waals surface area contributed by atoms with Crippen LogP contribution in [0.1, 0.15) is 10.4 Å². The molecule has 9 heteroatoms. The molecular weight excluding hydrogens is 293 g/mol. The molecular formula is C12H13F3N2O4. The molecule has 0 aliphatic carbocycles. The number of nitrogens with one attached hydrogen (secondary N) is 1. The van der Waals surface area contributed by atoms with Crippen molar-refractivity contribution in [3.8, 4) is 5.75 Å². The van der Waals surface area contributed by atoms with Gasteiger partial charge in [-0.25, -0.2) is 4.79 Å². The smallest absolute Gasteiger partial charge is 0.405 e. The van der Waals surface area contributed by atoms with E-state index in [0.29, 0.717) is 0 Å². The van der Waals surface area contributed by atoms with Gasteiger partial charge in [-0.3, -0.25) is 4.79 Å². The van der Waals surface area contributed by atoms with E-state index >= 15 is 0 Å². The SMILES string of the molecule is COC(=O)c1ccc(N)cc1OCC(=O)NCC(F)(F)F. The number of nitrogens with two attached hydrogens (primary N) is 1. The Bertz CT molecular complexity index is 532. The van der Waals surface area contributed by atoms with Crippen molar-refractivity contribution in [2.45, 2.75) is 6.18 Å². The van der Waals surface area contributed by atoms with E-state index in [1.807, 2.05) is 0 Å². The summed E-state index contributed by atoms with van der Waals surface area (Å²) in [5, 5.41) is 1.63. The van der Waals surface area contributed by atoms with Crippen LogP contribution in [0, 0.1) is 0 Å². The minimum absolute atomic E-state index is 0.00956. The first-order valence-corrected chi connectivity index (χ1v) is 5.67. The van der Waals surface area contributed by atoms with Crippen LogP contribution in [0.2, 0.25) is 0 Å². The molecule has 3 N–H and O–H groups in total. The lowest BCUT2D eigenvalue weighted by Crippen LogP contribution is -2.36. The fourth-order valence-electron chi connectivity index (χ4n) is 1.33. The number of ether oxygens (including phenoxy) is 2. The first-order chi connectivity index (χ1) is 9.73. The first kappa shape index (κ1) is 16.6. The standard InChI is InChI=1S/C12H13F3N2O4/c1-20-11(19)8-3-2-7(16)4-9(8)21-5-10(18)17-6-12(13,14)15/h2-4H,5-6,16H2,1H3,(H,17,18). The number of alkyl halides is 3. The van der Waals surface area contributed by atoms with Gasteiger partial charge in [0.1, 0.15) is 17.9 Å². The van der Waals surface area contributed by atoms with Gasteiger partial charge in [0.2, 0.25) is 0 Å². The minimum atomic E-state index is -4.51. The predicted octanol–water partition coefficient (Wildman–Crippen LogP) is 1.11. The van der Waals surface area contributed by atoms with Crippen LogP contribution in [0.5, 0.6) is 5.75 Å². The Hall–Kier alpha value is -2.45. The summed E-state index contributed by atoms with van der Waals surface area (Å²) in [6, 6.07) is 4.01. The highest BCUT2D eigenvalue weighted by Crippen LogP contribution is 2.22. The molecule has 0 aliphatic heterocycles. The van der Waals surface area contributed by atoms with E-state index in [2.05, 4.69) is 4.74 Å². The van der Waals surface area contributed by atoms with Crippen LogP contribution in [0.15, 0.2) is 18.2 Å². The van der Waals surface area contributed by atoms with Gasteiger partial charge in [-0.15, -0.1) is 0 Å². The Kier molecular flexibility index (Phi) is 5.39. The average molecular weight is 306 g/mol. The lowest BCUT2D eigenvalue weighted by atomic mass is 10.2. The molecule has 0 aliphatic rings. The Balaban J connectivity index is 2.68. The second kappa shape index (κ2) is 6.82. The zero-order valence-corrected chi connectivity index (χ0v) is 11.0. The summed E-state index contributed by atoms with van der Waals surface area (Å²) in [7, 11) is 1.15. The number of amides is 1. The van der Waals surface area contributed by atoms with Crippen LogP contribution in [-0.2, 0) is 9.53 Å². The number of methoxy groups -OCH3 is 1. The number of hydrogen-bond acceptors (Lipinski definition) is 5. The van der Waals surface area contributed by atoms with Crippen LogP contribution in [0.3, 0.4) is 0 Å². The molecule has 1 aromatic carbocycles. The third-order valence-corrected chi connectivity index (χ3v) is 2.26. The van der Waals surface area contributed by atoms with E-state index in [4.69, 9.17) is 10.5 Å². The molecule has 1 rings (SSSR count). The van der Waals surface area contributed by atoms with Crippen LogP contribution in [0.25, 0.3) is 0 Å². The van der Waals surface area contributed by atoms with E-state index in [1.54, 1.807) is 5.32 Å². The number of rotatable bonds is 5. The zero-order chi connectivity index (χ0) is 16.0. The largest absolute Gasteiger partial charge is 0.483 e. The van der Waals surface area contributed by atoms with Gasteiger partial charge in [0.25, 0.3) is 5.91 Å². The Morgan fingerprint density at radius 2 is 2.00 bits per heavy atom. The summed E-state index contributed by atoms with van der Waals surface area (Å²) < 4.78 is 45.3. The molecule has 0 atom stereocenters. The van der Waals surface area contributed by atoms with Crippen molar-refractivity contribution in [1.29, 1.82) is 0 Å². The molecule has 0 bridgehead atoms. The van der Waals surface area contributed by atoms with Crippen LogP contribution < -0.4 is 15.8 Å². The number of anilines is 1. The highest BCUT2D eigenvalue weighted by Gasteiger charge is 2.27. The molecule has 0 saturated carbocycles. The molecule has 0 aromatic heterocycles. The molecule has 1 aromatic rings. The van der Waals surface area contributed by atoms with Gasteiger partial charge in [-0.05, 0) is 12.1 Å². The maximum atomic E-state index is 11.9. The summed E-state index contributed by atoms with van der Waals surface area (Å²) in [6.07, 6.45) is -4.51. The van der Waals surface area contributed by atoms with Crippen molar-refractivity contribution in [3.63, 3.8) is 0 Å². The molecule has 1 amide bonds.